The quantitative estimate of drug-likeness (QED) is 0.622. The minimum Gasteiger partial charge on any atom is -0.274 e. The fourth-order valence-corrected chi connectivity index (χ4v) is 3.28. The van der Waals surface area contributed by atoms with Crippen LogP contribution in [0.15, 0.2) is 24.3 Å². The van der Waals surface area contributed by atoms with Crippen LogP contribution in [0.1, 0.15) is 23.6 Å². The Balaban J connectivity index is 2.47. The Bertz CT molecular complexity index is 629. The van der Waals surface area contributed by atoms with E-state index >= 15 is 0 Å². The van der Waals surface area contributed by atoms with Crippen molar-refractivity contribution in [2.24, 2.45) is 0 Å². The van der Waals surface area contributed by atoms with Gasteiger partial charge in [-0.2, -0.15) is 21.6 Å². The molecule has 0 aromatic heterocycles. The molecule has 0 N–H and O–H groups in total. The molecule has 1 heterocycles. The van der Waals surface area contributed by atoms with Crippen molar-refractivity contribution in [3.8, 4) is 0 Å². The summed E-state index contributed by atoms with van der Waals surface area (Å²) >= 11 is 0. The predicted octanol–water partition coefficient (Wildman–Crippen LogP) is 2.46. The molecule has 104 valence electrons. The zero-order valence-electron chi connectivity index (χ0n) is 9.19. The molecule has 1 aliphatic heterocycles. The Morgan fingerprint density at radius 2 is 1.84 bits per heavy atom. The van der Waals surface area contributed by atoms with Crippen LogP contribution in [0.4, 0.5) is 13.2 Å². The highest BCUT2D eigenvalue weighted by molar-refractivity contribution is 8.12. The molecule has 0 aliphatic carbocycles. The third kappa shape index (κ3) is 2.55. The highest BCUT2D eigenvalue weighted by atomic mass is 35.7. The van der Waals surface area contributed by atoms with Gasteiger partial charge in [-0.15, -0.1) is 0 Å². The van der Waals surface area contributed by atoms with Crippen molar-refractivity contribution in [2.75, 3.05) is 0 Å². The van der Waals surface area contributed by atoms with E-state index < -0.39 is 32.9 Å². The van der Waals surface area contributed by atoms with Crippen molar-refractivity contribution in [3.63, 3.8) is 0 Å². The molecule has 0 bridgehead atoms. The van der Waals surface area contributed by atoms with Crippen molar-refractivity contribution in [2.45, 2.75) is 18.6 Å². The SMILES string of the molecule is O=C1CC(c2ccccc2C(F)(F)F)N1S(=O)(=O)Cl. The number of β-lactam (4-membered cyclic amide) rings is 1. The standard InChI is InChI=1S/C10H7ClF3NO3S/c11-19(17,18)15-8(5-9(15)16)6-3-1-2-4-7(6)10(12,13)14/h1-4,8H,5H2. The summed E-state index contributed by atoms with van der Waals surface area (Å²) in [7, 11) is 0.651. The maximum atomic E-state index is 12.8. The van der Waals surface area contributed by atoms with Crippen LogP contribution in [0, 0.1) is 0 Å². The van der Waals surface area contributed by atoms with Gasteiger partial charge >= 0.3 is 15.4 Å². The monoisotopic (exact) mass is 313 g/mol. The summed E-state index contributed by atoms with van der Waals surface area (Å²) in [5.41, 5.74) is -1.25. The van der Waals surface area contributed by atoms with Gasteiger partial charge in [0, 0.05) is 10.7 Å². The Kier molecular flexibility index (Phi) is 3.26. The first kappa shape index (κ1) is 14.1. The fraction of sp³-hybridized carbons (Fsp3) is 0.300. The molecule has 0 radical (unpaired) electrons. The van der Waals surface area contributed by atoms with Gasteiger partial charge in [-0.05, 0) is 11.6 Å². The maximum absolute atomic E-state index is 12.8. The van der Waals surface area contributed by atoms with E-state index in [1.165, 1.54) is 12.1 Å². The summed E-state index contributed by atoms with van der Waals surface area (Å²) in [5.74, 6) is -0.822. The first-order valence-corrected chi connectivity index (χ1v) is 7.32. The molecule has 19 heavy (non-hydrogen) atoms. The van der Waals surface area contributed by atoms with Crippen LogP contribution in [-0.2, 0) is 20.2 Å². The normalized spacial score (nSPS) is 20.3. The number of alkyl halides is 3. The van der Waals surface area contributed by atoms with Gasteiger partial charge in [0.15, 0.2) is 0 Å². The summed E-state index contributed by atoms with van der Waals surface area (Å²) in [6.45, 7) is 0. The maximum Gasteiger partial charge on any atom is 0.416 e. The topological polar surface area (TPSA) is 54.5 Å². The Labute approximate surface area is 111 Å². The highest BCUT2D eigenvalue weighted by Crippen LogP contribution is 2.43. The van der Waals surface area contributed by atoms with E-state index in [-0.39, 0.29) is 16.3 Å². The number of carbonyl (C=O) groups excluding carboxylic acids is 1. The zero-order valence-corrected chi connectivity index (χ0v) is 10.8. The average molecular weight is 314 g/mol. The van der Waals surface area contributed by atoms with E-state index in [0.29, 0.717) is 0 Å². The summed E-state index contributed by atoms with van der Waals surface area (Å²) in [6.07, 6.45) is -4.95. The molecule has 1 aliphatic rings. The molecule has 1 atom stereocenters. The van der Waals surface area contributed by atoms with Crippen LogP contribution in [0.5, 0.6) is 0 Å². The molecule has 0 saturated carbocycles. The van der Waals surface area contributed by atoms with Crippen molar-refractivity contribution in [3.05, 3.63) is 35.4 Å². The zero-order chi connectivity index (χ0) is 14.4. The molecule has 2 rings (SSSR count). The lowest BCUT2D eigenvalue weighted by atomic mass is 9.92. The lowest BCUT2D eigenvalue weighted by Crippen LogP contribution is -2.48. The number of amides is 1. The Morgan fingerprint density at radius 1 is 1.26 bits per heavy atom. The molecule has 1 fully saturated rings. The number of benzene rings is 1. The van der Waals surface area contributed by atoms with E-state index in [4.69, 9.17) is 10.7 Å². The summed E-state index contributed by atoms with van der Waals surface area (Å²) in [6, 6.07) is 3.29. The van der Waals surface area contributed by atoms with Crippen LogP contribution in [0.2, 0.25) is 0 Å². The minimum absolute atomic E-state index is 0.263. The summed E-state index contributed by atoms with van der Waals surface area (Å²) in [4.78, 5) is 11.2. The molecule has 1 saturated heterocycles. The van der Waals surface area contributed by atoms with E-state index in [9.17, 15) is 26.4 Å². The first-order chi connectivity index (χ1) is 8.62. The molecule has 1 amide bonds. The lowest BCUT2D eigenvalue weighted by molar-refractivity contribution is -0.143. The number of hydrogen-bond acceptors (Lipinski definition) is 3. The molecule has 0 spiro atoms. The minimum atomic E-state index is -4.63. The first-order valence-electron chi connectivity index (χ1n) is 5.05. The van der Waals surface area contributed by atoms with Crippen LogP contribution >= 0.6 is 10.7 Å². The summed E-state index contributed by atoms with van der Waals surface area (Å²) in [5, 5.41) is 0. The summed E-state index contributed by atoms with van der Waals surface area (Å²) < 4.78 is 61.0. The molecule has 9 heteroatoms. The van der Waals surface area contributed by atoms with Crippen LogP contribution in [0.25, 0.3) is 0 Å². The molecular weight excluding hydrogens is 307 g/mol. The third-order valence-electron chi connectivity index (χ3n) is 2.76. The second kappa shape index (κ2) is 4.38. The van der Waals surface area contributed by atoms with Crippen molar-refractivity contribution < 1.29 is 26.4 Å². The number of hydrogen-bond donors (Lipinski definition) is 0. The van der Waals surface area contributed by atoms with Crippen LogP contribution < -0.4 is 0 Å². The Hall–Kier alpha value is -1.28. The Morgan fingerprint density at radius 3 is 2.32 bits per heavy atom. The third-order valence-corrected chi connectivity index (χ3v) is 4.13. The number of nitrogens with zero attached hydrogens (tertiary/aromatic N) is 1. The average Bonchev–Trinajstić information content (AvgIpc) is 2.22. The van der Waals surface area contributed by atoms with Gasteiger partial charge in [0.1, 0.15) is 0 Å². The molecule has 1 unspecified atom stereocenters. The smallest absolute Gasteiger partial charge is 0.274 e. The lowest BCUT2D eigenvalue weighted by Gasteiger charge is -2.38. The second-order valence-electron chi connectivity index (χ2n) is 3.94. The van der Waals surface area contributed by atoms with Gasteiger partial charge in [0.25, 0.3) is 0 Å². The van der Waals surface area contributed by atoms with Crippen LogP contribution in [0.3, 0.4) is 0 Å². The highest BCUT2D eigenvalue weighted by Gasteiger charge is 2.47. The number of halogens is 4. The van der Waals surface area contributed by atoms with Gasteiger partial charge in [-0.3, -0.25) is 4.79 Å². The van der Waals surface area contributed by atoms with Crippen molar-refractivity contribution in [1.29, 1.82) is 0 Å². The van der Waals surface area contributed by atoms with Crippen molar-refractivity contribution >= 4 is 25.8 Å². The molecule has 4 nitrogen and oxygen atoms in total. The fourth-order valence-electron chi connectivity index (χ4n) is 1.96. The predicted molar refractivity (Wildman–Crippen MR) is 60.4 cm³/mol. The van der Waals surface area contributed by atoms with E-state index in [2.05, 4.69) is 0 Å². The van der Waals surface area contributed by atoms with Gasteiger partial charge in [-0.1, -0.05) is 18.2 Å². The van der Waals surface area contributed by atoms with Gasteiger partial charge in [0.2, 0.25) is 5.91 Å². The van der Waals surface area contributed by atoms with E-state index in [1.54, 1.807) is 0 Å². The molecule has 1 aromatic rings. The van der Waals surface area contributed by atoms with E-state index in [0.717, 1.165) is 12.1 Å². The largest absolute Gasteiger partial charge is 0.416 e. The van der Waals surface area contributed by atoms with E-state index in [1.807, 2.05) is 0 Å². The second-order valence-corrected chi connectivity index (χ2v) is 6.32. The van der Waals surface area contributed by atoms with Crippen molar-refractivity contribution in [1.82, 2.24) is 4.31 Å². The number of rotatable bonds is 2. The molecular formula is C10H7ClF3NO3S. The van der Waals surface area contributed by atoms with Gasteiger partial charge in [-0.25, -0.2) is 4.31 Å². The molecule has 1 aromatic carbocycles. The van der Waals surface area contributed by atoms with Gasteiger partial charge < -0.3 is 0 Å². The number of carbonyl (C=O) groups is 1. The van der Waals surface area contributed by atoms with Crippen LogP contribution in [-0.4, -0.2) is 18.6 Å². The van der Waals surface area contributed by atoms with Gasteiger partial charge in [0.05, 0.1) is 18.0 Å².